The molecule has 164 valence electrons. The molecule has 0 amide bonds. The minimum Gasteiger partial charge on any atom is -0.486 e. The third-order valence-corrected chi connectivity index (χ3v) is 6.78. The fourth-order valence-electron chi connectivity index (χ4n) is 4.80. The van der Waals surface area contributed by atoms with E-state index in [4.69, 9.17) is 9.72 Å². The Kier molecular flexibility index (Phi) is 4.59. The van der Waals surface area contributed by atoms with Crippen LogP contribution in [-0.4, -0.2) is 51.0 Å². The van der Waals surface area contributed by atoms with Gasteiger partial charge in [0.2, 0.25) is 11.5 Å². The number of fused-ring (bicyclic) bond motifs is 4. The molecule has 1 saturated carbocycles. The van der Waals surface area contributed by atoms with E-state index in [1.165, 1.54) is 25.7 Å². The molecule has 8 nitrogen and oxygen atoms in total. The normalized spacial score (nSPS) is 20.9. The minimum atomic E-state index is 0.499. The van der Waals surface area contributed by atoms with E-state index in [2.05, 4.69) is 56.7 Å². The summed E-state index contributed by atoms with van der Waals surface area (Å²) in [6.07, 6.45) is 6.78. The maximum Gasteiger partial charge on any atom is 0.222 e. The maximum absolute atomic E-state index is 5.90. The van der Waals surface area contributed by atoms with E-state index in [9.17, 15) is 0 Å². The number of aromatic nitrogens is 5. The molecule has 0 atom stereocenters. The third kappa shape index (κ3) is 3.21. The number of nitrogens with zero attached hydrogens (tertiary/aromatic N) is 6. The van der Waals surface area contributed by atoms with Crippen LogP contribution in [0.3, 0.4) is 0 Å². The SMILES string of the molecule is CC1CCC(Nc2cccc3ccc(-c4nnc5c6c(cnn45)N(C)CCO6)nc23)CC1. The topological polar surface area (TPSA) is 80.5 Å². The molecule has 1 aromatic carbocycles. The summed E-state index contributed by atoms with van der Waals surface area (Å²) >= 11 is 0. The fourth-order valence-corrected chi connectivity index (χ4v) is 4.80. The van der Waals surface area contributed by atoms with Gasteiger partial charge in [-0.2, -0.15) is 9.61 Å². The molecular weight excluding hydrogens is 402 g/mol. The molecule has 1 aliphatic carbocycles. The van der Waals surface area contributed by atoms with Crippen molar-refractivity contribution >= 4 is 27.9 Å². The van der Waals surface area contributed by atoms with E-state index in [-0.39, 0.29) is 0 Å². The number of hydrogen-bond donors (Lipinski definition) is 1. The smallest absolute Gasteiger partial charge is 0.222 e. The molecule has 0 spiro atoms. The molecule has 3 aromatic heterocycles. The quantitative estimate of drug-likeness (QED) is 0.524. The third-order valence-electron chi connectivity index (χ3n) is 6.78. The summed E-state index contributed by atoms with van der Waals surface area (Å²) in [7, 11) is 2.03. The molecule has 0 saturated heterocycles. The number of likely N-dealkylation sites (N-methyl/N-ethyl adjacent to an activating group) is 1. The summed E-state index contributed by atoms with van der Waals surface area (Å²) in [4.78, 5) is 7.12. The lowest BCUT2D eigenvalue weighted by Gasteiger charge is -2.28. The van der Waals surface area contributed by atoms with Crippen molar-refractivity contribution < 1.29 is 4.74 Å². The van der Waals surface area contributed by atoms with Crippen LogP contribution in [0.1, 0.15) is 32.6 Å². The Morgan fingerprint density at radius 2 is 1.94 bits per heavy atom. The molecular formula is C24H27N7O. The predicted octanol–water partition coefficient (Wildman–Crippen LogP) is 4.16. The number of rotatable bonds is 3. The number of nitrogens with one attached hydrogen (secondary N) is 1. The molecule has 0 bridgehead atoms. The van der Waals surface area contributed by atoms with Crippen molar-refractivity contribution in [3.63, 3.8) is 0 Å². The van der Waals surface area contributed by atoms with Crippen LogP contribution in [0.5, 0.6) is 5.75 Å². The monoisotopic (exact) mass is 429 g/mol. The number of pyridine rings is 1. The van der Waals surface area contributed by atoms with Crippen molar-refractivity contribution in [2.45, 2.75) is 38.6 Å². The molecule has 1 aliphatic heterocycles. The number of hydrogen-bond acceptors (Lipinski definition) is 7. The van der Waals surface area contributed by atoms with Gasteiger partial charge in [-0.05, 0) is 43.7 Å². The molecule has 32 heavy (non-hydrogen) atoms. The highest BCUT2D eigenvalue weighted by molar-refractivity contribution is 5.92. The molecule has 4 heterocycles. The van der Waals surface area contributed by atoms with Gasteiger partial charge in [0.05, 0.1) is 23.9 Å². The van der Waals surface area contributed by atoms with Gasteiger partial charge in [-0.1, -0.05) is 25.1 Å². The molecule has 0 unspecified atom stereocenters. The van der Waals surface area contributed by atoms with E-state index >= 15 is 0 Å². The van der Waals surface area contributed by atoms with Crippen molar-refractivity contribution in [3.8, 4) is 17.3 Å². The highest BCUT2D eigenvalue weighted by Crippen LogP contribution is 2.35. The van der Waals surface area contributed by atoms with Gasteiger partial charge in [-0.3, -0.25) is 0 Å². The molecule has 4 aromatic rings. The number of para-hydroxylation sites is 1. The van der Waals surface area contributed by atoms with Crippen molar-refractivity contribution in [1.82, 2.24) is 24.8 Å². The van der Waals surface area contributed by atoms with E-state index in [1.54, 1.807) is 4.52 Å². The van der Waals surface area contributed by atoms with Gasteiger partial charge in [0.25, 0.3) is 0 Å². The van der Waals surface area contributed by atoms with E-state index in [1.807, 2.05) is 19.3 Å². The molecule has 2 aliphatic rings. The van der Waals surface area contributed by atoms with Gasteiger partial charge < -0.3 is 15.0 Å². The summed E-state index contributed by atoms with van der Waals surface area (Å²) in [5.41, 5.74) is 4.33. The van der Waals surface area contributed by atoms with E-state index < -0.39 is 0 Å². The summed E-state index contributed by atoms with van der Waals surface area (Å²) in [6.45, 7) is 3.79. The fraction of sp³-hybridized carbons (Fsp3) is 0.417. The first-order valence-corrected chi connectivity index (χ1v) is 11.4. The van der Waals surface area contributed by atoms with Crippen molar-refractivity contribution in [2.24, 2.45) is 5.92 Å². The van der Waals surface area contributed by atoms with E-state index in [0.29, 0.717) is 24.1 Å². The predicted molar refractivity (Wildman–Crippen MR) is 125 cm³/mol. The van der Waals surface area contributed by atoms with Crippen LogP contribution in [0, 0.1) is 5.92 Å². The van der Waals surface area contributed by atoms with Crippen molar-refractivity contribution in [2.75, 3.05) is 30.4 Å². The van der Waals surface area contributed by atoms with Gasteiger partial charge in [-0.25, -0.2) is 4.98 Å². The summed E-state index contributed by atoms with van der Waals surface area (Å²) in [5.74, 6) is 2.17. The van der Waals surface area contributed by atoms with Crippen LogP contribution in [0.25, 0.3) is 28.1 Å². The standard InChI is InChI=1S/C24H27N7O/c1-15-6-9-17(10-7-15)26-18-5-3-4-16-8-11-19(27-21(16)18)23-28-29-24-22-20(14-25-31(23)24)30(2)12-13-32-22/h3-5,8,11,14-15,17,26H,6-7,9-10,12-13H2,1-2H3. The Morgan fingerprint density at radius 1 is 1.06 bits per heavy atom. The minimum absolute atomic E-state index is 0.499. The average Bonchev–Trinajstić information content (AvgIpc) is 3.25. The first-order valence-electron chi connectivity index (χ1n) is 11.4. The number of benzene rings is 1. The zero-order valence-corrected chi connectivity index (χ0v) is 18.5. The Bertz CT molecular complexity index is 1290. The highest BCUT2D eigenvalue weighted by Gasteiger charge is 2.23. The highest BCUT2D eigenvalue weighted by atomic mass is 16.5. The largest absolute Gasteiger partial charge is 0.486 e. The summed E-state index contributed by atoms with van der Waals surface area (Å²) in [6, 6.07) is 10.9. The summed E-state index contributed by atoms with van der Waals surface area (Å²) in [5, 5.41) is 18.3. The lowest BCUT2D eigenvalue weighted by molar-refractivity contribution is 0.312. The second kappa shape index (κ2) is 7.62. The molecule has 1 fully saturated rings. The molecule has 8 heteroatoms. The van der Waals surface area contributed by atoms with Crippen LogP contribution in [0.2, 0.25) is 0 Å². The zero-order chi connectivity index (χ0) is 21.7. The lowest BCUT2D eigenvalue weighted by Crippen LogP contribution is -2.29. The first kappa shape index (κ1) is 19.3. The van der Waals surface area contributed by atoms with Gasteiger partial charge in [0.15, 0.2) is 5.75 Å². The van der Waals surface area contributed by atoms with Crippen LogP contribution >= 0.6 is 0 Å². The Labute approximate surface area is 186 Å². The van der Waals surface area contributed by atoms with Crippen molar-refractivity contribution in [1.29, 1.82) is 0 Å². The lowest BCUT2D eigenvalue weighted by atomic mass is 9.87. The Hall–Kier alpha value is -3.42. The second-order valence-corrected chi connectivity index (χ2v) is 9.06. The number of anilines is 2. The zero-order valence-electron chi connectivity index (χ0n) is 18.5. The summed E-state index contributed by atoms with van der Waals surface area (Å²) < 4.78 is 7.63. The average molecular weight is 430 g/mol. The van der Waals surface area contributed by atoms with Gasteiger partial charge in [-0.15, -0.1) is 10.2 Å². The van der Waals surface area contributed by atoms with Crippen LogP contribution in [0.15, 0.2) is 36.5 Å². The molecule has 6 rings (SSSR count). The van der Waals surface area contributed by atoms with Crippen LogP contribution in [0.4, 0.5) is 11.4 Å². The van der Waals surface area contributed by atoms with Gasteiger partial charge >= 0.3 is 0 Å². The second-order valence-electron chi connectivity index (χ2n) is 9.06. The Balaban J connectivity index is 1.40. The Morgan fingerprint density at radius 3 is 2.81 bits per heavy atom. The van der Waals surface area contributed by atoms with Gasteiger partial charge in [0.1, 0.15) is 18.0 Å². The number of ether oxygens (including phenoxy) is 1. The molecule has 0 radical (unpaired) electrons. The van der Waals surface area contributed by atoms with Crippen LogP contribution in [-0.2, 0) is 0 Å². The van der Waals surface area contributed by atoms with Gasteiger partial charge in [0, 0.05) is 18.5 Å². The first-order chi connectivity index (χ1) is 15.7. The molecule has 1 N–H and O–H groups in total. The van der Waals surface area contributed by atoms with Crippen LogP contribution < -0.4 is 15.0 Å². The van der Waals surface area contributed by atoms with Crippen molar-refractivity contribution in [3.05, 3.63) is 36.5 Å². The van der Waals surface area contributed by atoms with E-state index in [0.717, 1.165) is 46.2 Å². The maximum atomic E-state index is 5.90.